The van der Waals surface area contributed by atoms with Crippen LogP contribution in [0, 0.1) is 0 Å². The highest BCUT2D eigenvalue weighted by atomic mass is 32.1. The fraction of sp³-hybridized carbons (Fsp3) is 0.615. The Labute approximate surface area is 112 Å². The number of amides is 1. The van der Waals surface area contributed by atoms with Crippen molar-refractivity contribution in [3.63, 3.8) is 0 Å². The van der Waals surface area contributed by atoms with E-state index in [1.807, 2.05) is 11.4 Å². The van der Waals surface area contributed by atoms with Crippen LogP contribution in [0.5, 0.6) is 0 Å². The Morgan fingerprint density at radius 3 is 3.00 bits per heavy atom. The van der Waals surface area contributed by atoms with E-state index in [1.54, 1.807) is 23.3 Å². The minimum atomic E-state index is -0.610. The Hall–Kier alpha value is -0.910. The number of aryl methyl sites for hydroxylation is 1. The minimum Gasteiger partial charge on any atom is -0.389 e. The summed E-state index contributed by atoms with van der Waals surface area (Å²) in [4.78, 5) is 14.7. The summed E-state index contributed by atoms with van der Waals surface area (Å²) in [6, 6.07) is 4.11. The van der Waals surface area contributed by atoms with E-state index in [9.17, 15) is 9.90 Å². The molecule has 1 heterocycles. The van der Waals surface area contributed by atoms with Gasteiger partial charge in [0.05, 0.1) is 12.7 Å². The van der Waals surface area contributed by atoms with Gasteiger partial charge in [0.25, 0.3) is 0 Å². The van der Waals surface area contributed by atoms with Crippen LogP contribution in [0.15, 0.2) is 17.5 Å². The lowest BCUT2D eigenvalue weighted by Crippen LogP contribution is -2.36. The average molecular weight is 271 g/mol. The van der Waals surface area contributed by atoms with Gasteiger partial charge in [-0.1, -0.05) is 6.07 Å². The third-order valence-corrected chi connectivity index (χ3v) is 3.60. The minimum absolute atomic E-state index is 0.0710. The lowest BCUT2D eigenvalue weighted by atomic mass is 10.2. The van der Waals surface area contributed by atoms with E-state index in [4.69, 9.17) is 4.74 Å². The van der Waals surface area contributed by atoms with Crippen LogP contribution in [0.2, 0.25) is 0 Å². The first kappa shape index (κ1) is 15.1. The van der Waals surface area contributed by atoms with Crippen molar-refractivity contribution in [3.8, 4) is 0 Å². The number of methoxy groups -OCH3 is 1. The maximum atomic E-state index is 11.8. The van der Waals surface area contributed by atoms with E-state index in [0.29, 0.717) is 13.0 Å². The number of nitrogens with zero attached hydrogens (tertiary/aromatic N) is 1. The van der Waals surface area contributed by atoms with Crippen molar-refractivity contribution in [3.05, 3.63) is 22.4 Å². The van der Waals surface area contributed by atoms with E-state index in [1.165, 1.54) is 12.0 Å². The number of hydrogen-bond acceptors (Lipinski definition) is 4. The number of carbonyl (C=O) groups excluding carboxylic acids is 1. The summed E-state index contributed by atoms with van der Waals surface area (Å²) in [7, 11) is 3.25. The number of aliphatic hydroxyl groups is 1. The molecule has 0 aliphatic rings. The van der Waals surface area contributed by atoms with E-state index < -0.39 is 6.10 Å². The largest absolute Gasteiger partial charge is 0.389 e. The van der Waals surface area contributed by atoms with E-state index >= 15 is 0 Å². The van der Waals surface area contributed by atoms with Crippen LogP contribution >= 0.6 is 11.3 Å². The van der Waals surface area contributed by atoms with Gasteiger partial charge in [0, 0.05) is 32.0 Å². The highest BCUT2D eigenvalue weighted by Gasteiger charge is 2.13. The van der Waals surface area contributed by atoms with E-state index in [2.05, 4.69) is 6.07 Å². The predicted molar refractivity (Wildman–Crippen MR) is 72.8 cm³/mol. The first-order valence-corrected chi connectivity index (χ1v) is 6.94. The molecule has 0 saturated heterocycles. The predicted octanol–water partition coefficient (Wildman–Crippen LogP) is 1.54. The van der Waals surface area contributed by atoms with Crippen LogP contribution in [-0.4, -0.2) is 49.3 Å². The van der Waals surface area contributed by atoms with Gasteiger partial charge >= 0.3 is 0 Å². The zero-order chi connectivity index (χ0) is 13.4. The van der Waals surface area contributed by atoms with Gasteiger partial charge in [0.15, 0.2) is 0 Å². The number of hydrogen-bond donors (Lipinski definition) is 1. The first-order valence-electron chi connectivity index (χ1n) is 6.07. The van der Waals surface area contributed by atoms with Crippen molar-refractivity contribution in [2.45, 2.75) is 25.4 Å². The van der Waals surface area contributed by atoms with E-state index in [0.717, 1.165) is 12.8 Å². The second kappa shape index (κ2) is 8.24. The molecule has 0 fully saturated rings. The standard InChI is InChI=1S/C13H21NO3S/c1-14(9-11(15)10-17-2)13(16)7-3-5-12-6-4-8-18-12/h4,6,8,11,15H,3,5,7,9-10H2,1-2H3. The normalized spacial score (nSPS) is 12.4. The molecular formula is C13H21NO3S. The number of aliphatic hydroxyl groups excluding tert-OH is 1. The van der Waals surface area contributed by atoms with Gasteiger partial charge in [0.1, 0.15) is 0 Å². The van der Waals surface area contributed by atoms with Crippen LogP contribution in [0.4, 0.5) is 0 Å². The van der Waals surface area contributed by atoms with E-state index in [-0.39, 0.29) is 12.5 Å². The lowest BCUT2D eigenvalue weighted by Gasteiger charge is -2.20. The molecule has 0 aromatic carbocycles. The van der Waals surface area contributed by atoms with Crippen molar-refractivity contribution in [1.29, 1.82) is 0 Å². The van der Waals surface area contributed by atoms with Crippen LogP contribution < -0.4 is 0 Å². The highest BCUT2D eigenvalue weighted by Crippen LogP contribution is 2.12. The van der Waals surface area contributed by atoms with Gasteiger partial charge in [0.2, 0.25) is 5.91 Å². The van der Waals surface area contributed by atoms with Gasteiger partial charge < -0.3 is 14.7 Å². The number of rotatable bonds is 8. The molecule has 0 radical (unpaired) electrons. The summed E-state index contributed by atoms with van der Waals surface area (Å²) in [5, 5.41) is 11.6. The Morgan fingerprint density at radius 2 is 2.39 bits per heavy atom. The molecule has 1 N–H and O–H groups in total. The summed E-state index contributed by atoms with van der Waals surface area (Å²) in [6.45, 7) is 0.582. The Kier molecular flexibility index (Phi) is 6.93. The average Bonchev–Trinajstić information content (AvgIpc) is 2.82. The first-order chi connectivity index (χ1) is 8.63. The van der Waals surface area contributed by atoms with Crippen molar-refractivity contribution in [2.75, 3.05) is 27.3 Å². The third kappa shape index (κ3) is 5.62. The molecule has 0 aliphatic heterocycles. The van der Waals surface area contributed by atoms with Gasteiger partial charge in [-0.05, 0) is 24.3 Å². The number of carbonyl (C=O) groups is 1. The monoisotopic (exact) mass is 271 g/mol. The Balaban J connectivity index is 2.19. The van der Waals surface area contributed by atoms with Gasteiger partial charge in [-0.3, -0.25) is 4.79 Å². The molecule has 0 spiro atoms. The van der Waals surface area contributed by atoms with Crippen LogP contribution in [0.25, 0.3) is 0 Å². The molecule has 1 unspecified atom stereocenters. The van der Waals surface area contributed by atoms with Crippen molar-refractivity contribution in [1.82, 2.24) is 4.90 Å². The number of ether oxygens (including phenoxy) is 1. The zero-order valence-corrected chi connectivity index (χ0v) is 11.8. The zero-order valence-electron chi connectivity index (χ0n) is 11.0. The van der Waals surface area contributed by atoms with Gasteiger partial charge in [-0.2, -0.15) is 0 Å². The fourth-order valence-electron chi connectivity index (χ4n) is 1.72. The molecule has 1 amide bonds. The van der Waals surface area contributed by atoms with Gasteiger partial charge in [-0.25, -0.2) is 0 Å². The Morgan fingerprint density at radius 1 is 1.61 bits per heavy atom. The molecule has 1 atom stereocenters. The van der Waals surface area contributed by atoms with Crippen molar-refractivity contribution in [2.24, 2.45) is 0 Å². The molecule has 1 aromatic rings. The Bertz CT molecular complexity index is 340. The molecule has 4 nitrogen and oxygen atoms in total. The number of likely N-dealkylation sites (N-methyl/N-ethyl adjacent to an activating group) is 1. The number of thiophene rings is 1. The van der Waals surface area contributed by atoms with Crippen LogP contribution in [0.1, 0.15) is 17.7 Å². The molecule has 0 bridgehead atoms. The van der Waals surface area contributed by atoms with Crippen LogP contribution in [-0.2, 0) is 16.0 Å². The summed E-state index contributed by atoms with van der Waals surface area (Å²) >= 11 is 1.72. The lowest BCUT2D eigenvalue weighted by molar-refractivity contribution is -0.131. The van der Waals surface area contributed by atoms with Crippen LogP contribution in [0.3, 0.4) is 0 Å². The van der Waals surface area contributed by atoms with Crippen molar-refractivity contribution < 1.29 is 14.6 Å². The second-order valence-electron chi connectivity index (χ2n) is 4.32. The molecule has 1 rings (SSSR count). The molecule has 5 heteroatoms. The summed E-state index contributed by atoms with van der Waals surface area (Å²) in [6.07, 6.45) is 1.71. The summed E-state index contributed by atoms with van der Waals surface area (Å²) in [5.41, 5.74) is 0. The second-order valence-corrected chi connectivity index (χ2v) is 5.35. The topological polar surface area (TPSA) is 49.8 Å². The smallest absolute Gasteiger partial charge is 0.222 e. The maximum absolute atomic E-state index is 11.8. The SMILES string of the molecule is COCC(O)CN(C)C(=O)CCCc1cccs1. The maximum Gasteiger partial charge on any atom is 0.222 e. The molecule has 18 heavy (non-hydrogen) atoms. The van der Waals surface area contributed by atoms with Gasteiger partial charge in [-0.15, -0.1) is 11.3 Å². The third-order valence-electron chi connectivity index (χ3n) is 2.66. The van der Waals surface area contributed by atoms with Crippen molar-refractivity contribution >= 4 is 17.2 Å². The molecular weight excluding hydrogens is 250 g/mol. The highest BCUT2D eigenvalue weighted by molar-refractivity contribution is 7.09. The summed E-state index contributed by atoms with van der Waals surface area (Å²) < 4.78 is 4.83. The molecule has 0 saturated carbocycles. The molecule has 0 aliphatic carbocycles. The molecule has 1 aromatic heterocycles. The quantitative estimate of drug-likeness (QED) is 0.780. The molecule has 102 valence electrons. The summed E-state index contributed by atoms with van der Waals surface area (Å²) in [5.74, 6) is 0.0710. The fourth-order valence-corrected chi connectivity index (χ4v) is 2.47.